The van der Waals surface area contributed by atoms with Gasteiger partial charge in [-0.25, -0.2) is 9.18 Å². The maximum absolute atomic E-state index is 13.6. The van der Waals surface area contributed by atoms with Crippen LogP contribution in [0, 0.1) is 11.2 Å². The Morgan fingerprint density at radius 2 is 1.77 bits per heavy atom. The van der Waals surface area contributed by atoms with E-state index in [9.17, 15) is 9.18 Å². The number of hydrogen-bond acceptors (Lipinski definition) is 5. The first-order valence-corrected chi connectivity index (χ1v) is 9.54. The topological polar surface area (TPSA) is 62.6 Å². The summed E-state index contributed by atoms with van der Waals surface area (Å²) in [6.07, 6.45) is 1.60. The van der Waals surface area contributed by atoms with Crippen molar-refractivity contribution in [3.63, 3.8) is 0 Å². The summed E-state index contributed by atoms with van der Waals surface area (Å²) in [6, 6.07) is 13.0. The Bertz CT molecular complexity index is 1070. The monoisotopic (exact) mass is 412 g/mol. The molecule has 0 N–H and O–H groups in total. The molecule has 0 radical (unpaired) electrons. The predicted octanol–water partition coefficient (Wildman–Crippen LogP) is 4.38. The van der Waals surface area contributed by atoms with Gasteiger partial charge in [-0.1, -0.05) is 32.9 Å². The number of aromatic nitrogens is 2. The molecule has 6 nitrogen and oxygen atoms in total. The Kier molecular flexibility index (Phi) is 6.40. The number of ether oxygens (including phenoxy) is 3. The summed E-state index contributed by atoms with van der Waals surface area (Å²) in [7, 11) is 1.55. The van der Waals surface area contributed by atoms with Crippen LogP contribution in [0.4, 0.5) is 4.39 Å². The molecule has 0 fully saturated rings. The summed E-state index contributed by atoms with van der Waals surface area (Å²) in [5, 5.41) is 0. The molecule has 0 bridgehead atoms. The molecule has 2 aromatic carbocycles. The van der Waals surface area contributed by atoms with Gasteiger partial charge in [0.2, 0.25) is 0 Å². The molecule has 0 saturated heterocycles. The van der Waals surface area contributed by atoms with Crippen LogP contribution >= 0.6 is 0 Å². The third-order valence-corrected chi connectivity index (χ3v) is 4.16. The highest BCUT2D eigenvalue weighted by Gasteiger charge is 2.14. The highest BCUT2D eigenvalue weighted by atomic mass is 19.1. The van der Waals surface area contributed by atoms with E-state index in [4.69, 9.17) is 14.2 Å². The van der Waals surface area contributed by atoms with Gasteiger partial charge in [0.1, 0.15) is 6.61 Å². The van der Waals surface area contributed by atoms with Crippen LogP contribution in [-0.2, 0) is 6.61 Å². The number of benzene rings is 2. The standard InChI is InChI=1S/C23H25FN2O4/c1-23(2,3)15-30-20-10-9-17(13-21(20)28-4)26-12-11-16(25-22(26)27)14-29-19-8-6-5-7-18(19)24/h5-13H,14-15H2,1-4H3. The van der Waals surface area contributed by atoms with E-state index >= 15 is 0 Å². The SMILES string of the molecule is COc1cc(-n2ccc(COc3ccccc3F)nc2=O)ccc1OCC(C)(C)C. The quantitative estimate of drug-likeness (QED) is 0.576. The maximum atomic E-state index is 13.6. The number of para-hydroxylation sites is 1. The lowest BCUT2D eigenvalue weighted by Gasteiger charge is -2.20. The largest absolute Gasteiger partial charge is 0.493 e. The fourth-order valence-corrected chi connectivity index (χ4v) is 2.65. The molecule has 30 heavy (non-hydrogen) atoms. The van der Waals surface area contributed by atoms with Gasteiger partial charge in [0.15, 0.2) is 23.1 Å². The molecule has 1 heterocycles. The summed E-state index contributed by atoms with van der Waals surface area (Å²) in [6.45, 7) is 6.75. The average molecular weight is 412 g/mol. The minimum Gasteiger partial charge on any atom is -0.493 e. The van der Waals surface area contributed by atoms with E-state index in [0.717, 1.165) is 0 Å². The van der Waals surface area contributed by atoms with Crippen LogP contribution in [0.3, 0.4) is 0 Å². The van der Waals surface area contributed by atoms with E-state index in [1.807, 2.05) is 0 Å². The normalized spacial score (nSPS) is 11.2. The molecule has 0 amide bonds. The first kappa shape index (κ1) is 21.4. The summed E-state index contributed by atoms with van der Waals surface area (Å²) >= 11 is 0. The smallest absolute Gasteiger partial charge is 0.352 e. The molecular weight excluding hydrogens is 387 g/mol. The molecule has 0 unspecified atom stereocenters. The van der Waals surface area contributed by atoms with Crippen LogP contribution in [-0.4, -0.2) is 23.3 Å². The molecule has 1 aromatic heterocycles. The highest BCUT2D eigenvalue weighted by Crippen LogP contribution is 2.30. The van der Waals surface area contributed by atoms with Crippen molar-refractivity contribution in [2.24, 2.45) is 5.41 Å². The van der Waals surface area contributed by atoms with E-state index < -0.39 is 11.5 Å². The Morgan fingerprint density at radius 1 is 1.00 bits per heavy atom. The minimum absolute atomic E-state index is 0.00507. The molecule has 0 atom stereocenters. The molecule has 3 aromatic rings. The van der Waals surface area contributed by atoms with Crippen LogP contribution < -0.4 is 19.9 Å². The molecule has 0 saturated carbocycles. The van der Waals surface area contributed by atoms with Gasteiger partial charge in [0, 0.05) is 12.3 Å². The minimum atomic E-state index is -0.477. The molecule has 0 aliphatic heterocycles. The Hall–Kier alpha value is -3.35. The van der Waals surface area contributed by atoms with Gasteiger partial charge in [-0.05, 0) is 35.7 Å². The van der Waals surface area contributed by atoms with Crippen LogP contribution in [0.2, 0.25) is 0 Å². The lowest BCUT2D eigenvalue weighted by Crippen LogP contribution is -2.22. The fraction of sp³-hybridized carbons (Fsp3) is 0.304. The molecule has 3 rings (SSSR count). The Labute approximate surface area is 174 Å². The Morgan fingerprint density at radius 3 is 2.43 bits per heavy atom. The molecule has 0 spiro atoms. The van der Waals surface area contributed by atoms with Crippen molar-refractivity contribution in [1.29, 1.82) is 0 Å². The molecular formula is C23H25FN2O4. The van der Waals surface area contributed by atoms with Gasteiger partial charge < -0.3 is 14.2 Å². The van der Waals surface area contributed by atoms with Crippen molar-refractivity contribution in [2.75, 3.05) is 13.7 Å². The highest BCUT2D eigenvalue weighted by molar-refractivity contribution is 5.48. The number of rotatable bonds is 7. The van der Waals surface area contributed by atoms with Crippen molar-refractivity contribution in [1.82, 2.24) is 9.55 Å². The fourth-order valence-electron chi connectivity index (χ4n) is 2.65. The van der Waals surface area contributed by atoms with Crippen molar-refractivity contribution in [3.8, 4) is 22.9 Å². The van der Waals surface area contributed by atoms with Gasteiger partial charge >= 0.3 is 5.69 Å². The first-order valence-electron chi connectivity index (χ1n) is 9.54. The number of halogens is 1. The number of methoxy groups -OCH3 is 1. The predicted molar refractivity (Wildman–Crippen MR) is 112 cm³/mol. The van der Waals surface area contributed by atoms with Gasteiger partial charge in [-0.2, -0.15) is 4.98 Å². The number of hydrogen-bond donors (Lipinski definition) is 0. The van der Waals surface area contributed by atoms with Crippen molar-refractivity contribution in [2.45, 2.75) is 27.4 Å². The summed E-state index contributed by atoms with van der Waals surface area (Å²) in [4.78, 5) is 16.5. The molecule has 0 aliphatic carbocycles. The van der Waals surface area contributed by atoms with Crippen molar-refractivity contribution >= 4 is 0 Å². The van der Waals surface area contributed by atoms with Crippen LogP contribution in [0.1, 0.15) is 26.5 Å². The second-order valence-electron chi connectivity index (χ2n) is 7.98. The third kappa shape index (κ3) is 5.37. The van der Waals surface area contributed by atoms with E-state index in [1.54, 1.807) is 49.7 Å². The van der Waals surface area contributed by atoms with E-state index in [2.05, 4.69) is 25.8 Å². The lowest BCUT2D eigenvalue weighted by molar-refractivity contribution is 0.191. The average Bonchev–Trinajstić information content (AvgIpc) is 2.71. The first-order chi connectivity index (χ1) is 14.3. The summed E-state index contributed by atoms with van der Waals surface area (Å²) in [5.41, 5.74) is 0.520. The van der Waals surface area contributed by atoms with Crippen molar-refractivity contribution < 1.29 is 18.6 Å². The lowest BCUT2D eigenvalue weighted by atomic mass is 9.99. The zero-order valence-corrected chi connectivity index (χ0v) is 17.5. The van der Waals surface area contributed by atoms with Gasteiger partial charge in [-0.3, -0.25) is 4.57 Å². The summed E-state index contributed by atoms with van der Waals surface area (Å²) < 4.78 is 31.7. The third-order valence-electron chi connectivity index (χ3n) is 4.16. The zero-order chi connectivity index (χ0) is 21.7. The van der Waals surface area contributed by atoms with E-state index in [1.165, 1.54) is 16.7 Å². The van der Waals surface area contributed by atoms with Crippen LogP contribution in [0.15, 0.2) is 59.5 Å². The molecule has 0 aliphatic rings. The number of nitrogens with zero attached hydrogens (tertiary/aromatic N) is 2. The van der Waals surface area contributed by atoms with Gasteiger partial charge in [-0.15, -0.1) is 0 Å². The maximum Gasteiger partial charge on any atom is 0.352 e. The van der Waals surface area contributed by atoms with Crippen LogP contribution in [0.25, 0.3) is 5.69 Å². The molecule has 158 valence electrons. The zero-order valence-electron chi connectivity index (χ0n) is 17.5. The second-order valence-corrected chi connectivity index (χ2v) is 7.98. The van der Waals surface area contributed by atoms with Crippen LogP contribution in [0.5, 0.6) is 17.2 Å². The van der Waals surface area contributed by atoms with Gasteiger partial charge in [0.05, 0.1) is 25.1 Å². The van der Waals surface area contributed by atoms with Gasteiger partial charge in [0.25, 0.3) is 0 Å². The van der Waals surface area contributed by atoms with E-state index in [-0.39, 0.29) is 17.8 Å². The van der Waals surface area contributed by atoms with E-state index in [0.29, 0.717) is 29.5 Å². The second kappa shape index (κ2) is 8.98. The Balaban J connectivity index is 1.77. The van der Waals surface area contributed by atoms with Crippen molar-refractivity contribution in [3.05, 3.63) is 76.7 Å². The molecule has 7 heteroatoms. The summed E-state index contributed by atoms with van der Waals surface area (Å²) in [5.74, 6) is 0.772.